The summed E-state index contributed by atoms with van der Waals surface area (Å²) in [5, 5.41) is 4.15. The fourth-order valence-corrected chi connectivity index (χ4v) is 2.28. The van der Waals surface area contributed by atoms with E-state index in [9.17, 15) is 0 Å². The maximum Gasteiger partial charge on any atom is 0.0431 e. The van der Waals surface area contributed by atoms with Gasteiger partial charge in [-0.05, 0) is 18.8 Å². The molecule has 0 spiro atoms. The Hall–Kier alpha value is 0.280. The van der Waals surface area contributed by atoms with Crippen molar-refractivity contribution in [3.05, 3.63) is 10.6 Å². The molecule has 1 N–H and O–H groups in total. The van der Waals surface area contributed by atoms with E-state index in [4.69, 9.17) is 23.2 Å². The van der Waals surface area contributed by atoms with Crippen LogP contribution in [0.1, 0.15) is 39.0 Å². The molecule has 0 aromatic heterocycles. The molecule has 0 aromatic rings. The largest absolute Gasteiger partial charge is 0.309 e. The van der Waals surface area contributed by atoms with Crippen molar-refractivity contribution in [2.45, 2.75) is 45.1 Å². The summed E-state index contributed by atoms with van der Waals surface area (Å²) in [6.45, 7) is 2.99. The molecule has 3 heteroatoms. The fraction of sp³-hybridized carbons (Fsp3) is 0.818. The molecule has 0 aliphatic heterocycles. The summed E-state index contributed by atoms with van der Waals surface area (Å²) in [6, 6.07) is 0.638. The molecular weight excluding hydrogens is 217 g/mol. The summed E-state index contributed by atoms with van der Waals surface area (Å²) in [4.78, 5) is 0. The van der Waals surface area contributed by atoms with Gasteiger partial charge in [0.2, 0.25) is 0 Å². The highest BCUT2D eigenvalue weighted by atomic mass is 35.5. The van der Waals surface area contributed by atoms with Crippen LogP contribution in [0.5, 0.6) is 0 Å². The van der Waals surface area contributed by atoms with Crippen LogP contribution in [0.25, 0.3) is 0 Å². The van der Waals surface area contributed by atoms with Crippen LogP contribution in [-0.4, -0.2) is 12.6 Å². The van der Waals surface area contributed by atoms with Gasteiger partial charge >= 0.3 is 0 Å². The summed E-state index contributed by atoms with van der Waals surface area (Å²) in [7, 11) is 0. The zero-order chi connectivity index (χ0) is 10.4. The SMILES string of the molecule is CCC1CCCC(NCC(Cl)=CCl)C1. The highest BCUT2D eigenvalue weighted by Crippen LogP contribution is 2.26. The van der Waals surface area contributed by atoms with Gasteiger partial charge in [-0.15, -0.1) is 0 Å². The van der Waals surface area contributed by atoms with E-state index < -0.39 is 0 Å². The second-order valence-corrected chi connectivity index (χ2v) is 4.78. The Morgan fingerprint density at radius 1 is 1.50 bits per heavy atom. The molecule has 14 heavy (non-hydrogen) atoms. The third-order valence-corrected chi connectivity index (χ3v) is 3.66. The third-order valence-electron chi connectivity index (χ3n) is 3.04. The van der Waals surface area contributed by atoms with Gasteiger partial charge < -0.3 is 5.32 Å². The van der Waals surface area contributed by atoms with Gasteiger partial charge in [0.15, 0.2) is 0 Å². The summed E-state index contributed by atoms with van der Waals surface area (Å²) in [6.07, 6.45) is 6.62. The molecule has 1 rings (SSSR count). The lowest BCUT2D eigenvalue weighted by Crippen LogP contribution is -2.34. The molecule has 0 heterocycles. The van der Waals surface area contributed by atoms with Gasteiger partial charge in [-0.1, -0.05) is 49.4 Å². The van der Waals surface area contributed by atoms with E-state index in [1.807, 2.05) is 0 Å². The lowest BCUT2D eigenvalue weighted by molar-refractivity contribution is 0.284. The van der Waals surface area contributed by atoms with Crippen LogP contribution in [0.4, 0.5) is 0 Å². The van der Waals surface area contributed by atoms with Crippen LogP contribution < -0.4 is 5.32 Å². The Bertz CT molecular complexity index is 192. The van der Waals surface area contributed by atoms with Crippen LogP contribution in [0, 0.1) is 5.92 Å². The van der Waals surface area contributed by atoms with Crippen molar-refractivity contribution >= 4 is 23.2 Å². The van der Waals surface area contributed by atoms with Gasteiger partial charge in [-0.3, -0.25) is 0 Å². The lowest BCUT2D eigenvalue weighted by atomic mass is 9.84. The minimum absolute atomic E-state index is 0.638. The smallest absolute Gasteiger partial charge is 0.0431 e. The number of hydrogen-bond acceptors (Lipinski definition) is 1. The highest BCUT2D eigenvalue weighted by molar-refractivity contribution is 6.36. The van der Waals surface area contributed by atoms with Crippen LogP contribution in [0.3, 0.4) is 0 Å². The van der Waals surface area contributed by atoms with E-state index in [1.165, 1.54) is 37.6 Å². The molecular formula is C11H19Cl2N. The van der Waals surface area contributed by atoms with Crippen molar-refractivity contribution < 1.29 is 0 Å². The van der Waals surface area contributed by atoms with Crippen molar-refractivity contribution in [3.8, 4) is 0 Å². The summed E-state index contributed by atoms with van der Waals surface area (Å²) >= 11 is 11.3. The first-order valence-corrected chi connectivity index (χ1v) is 6.25. The van der Waals surface area contributed by atoms with E-state index in [-0.39, 0.29) is 0 Å². The first-order chi connectivity index (χ1) is 6.76. The molecule has 2 unspecified atom stereocenters. The first kappa shape index (κ1) is 12.4. The molecule has 0 amide bonds. The second kappa shape index (κ2) is 6.71. The molecule has 1 aliphatic rings. The van der Waals surface area contributed by atoms with Crippen molar-refractivity contribution in [2.75, 3.05) is 6.54 Å². The average Bonchev–Trinajstić information content (AvgIpc) is 2.26. The third kappa shape index (κ3) is 4.20. The zero-order valence-corrected chi connectivity index (χ0v) is 10.2. The molecule has 2 atom stereocenters. The molecule has 0 bridgehead atoms. The van der Waals surface area contributed by atoms with Crippen LogP contribution in [0.15, 0.2) is 10.6 Å². The minimum atomic E-state index is 0.638. The van der Waals surface area contributed by atoms with Crippen molar-refractivity contribution in [2.24, 2.45) is 5.92 Å². The lowest BCUT2D eigenvalue weighted by Gasteiger charge is -2.29. The number of halogens is 2. The molecule has 0 radical (unpaired) electrons. The van der Waals surface area contributed by atoms with E-state index in [0.29, 0.717) is 17.6 Å². The van der Waals surface area contributed by atoms with Crippen LogP contribution in [0.2, 0.25) is 0 Å². The van der Waals surface area contributed by atoms with Crippen LogP contribution in [-0.2, 0) is 0 Å². The molecule has 1 fully saturated rings. The minimum Gasteiger partial charge on any atom is -0.309 e. The van der Waals surface area contributed by atoms with Crippen molar-refractivity contribution in [1.29, 1.82) is 0 Å². The summed E-state index contributed by atoms with van der Waals surface area (Å²) in [5.41, 5.74) is 1.44. The Kier molecular flexibility index (Phi) is 5.92. The number of hydrogen-bond donors (Lipinski definition) is 1. The number of nitrogens with one attached hydrogen (secondary N) is 1. The average molecular weight is 236 g/mol. The fourth-order valence-electron chi connectivity index (χ4n) is 2.13. The van der Waals surface area contributed by atoms with Gasteiger partial charge in [0.1, 0.15) is 0 Å². The van der Waals surface area contributed by atoms with Gasteiger partial charge in [0.05, 0.1) is 0 Å². The zero-order valence-electron chi connectivity index (χ0n) is 8.73. The Morgan fingerprint density at radius 2 is 2.29 bits per heavy atom. The van der Waals surface area contributed by atoms with Gasteiger partial charge in [-0.2, -0.15) is 0 Å². The first-order valence-electron chi connectivity index (χ1n) is 5.44. The summed E-state index contributed by atoms with van der Waals surface area (Å²) < 4.78 is 0. The van der Waals surface area contributed by atoms with E-state index in [0.717, 1.165) is 5.92 Å². The highest BCUT2D eigenvalue weighted by Gasteiger charge is 2.19. The monoisotopic (exact) mass is 235 g/mol. The van der Waals surface area contributed by atoms with Gasteiger partial charge in [0, 0.05) is 23.2 Å². The van der Waals surface area contributed by atoms with Crippen molar-refractivity contribution in [3.63, 3.8) is 0 Å². The van der Waals surface area contributed by atoms with Gasteiger partial charge in [-0.25, -0.2) is 0 Å². The Balaban J connectivity index is 2.24. The Morgan fingerprint density at radius 3 is 2.93 bits per heavy atom. The summed E-state index contributed by atoms with van der Waals surface area (Å²) in [5.74, 6) is 0.903. The van der Waals surface area contributed by atoms with Crippen molar-refractivity contribution in [1.82, 2.24) is 5.32 Å². The molecule has 82 valence electrons. The van der Waals surface area contributed by atoms with E-state index in [1.54, 1.807) is 0 Å². The predicted octanol–water partition coefficient (Wildman–Crippen LogP) is 3.86. The second-order valence-electron chi connectivity index (χ2n) is 4.07. The topological polar surface area (TPSA) is 12.0 Å². The molecule has 1 aliphatic carbocycles. The number of rotatable bonds is 4. The van der Waals surface area contributed by atoms with Crippen LogP contribution >= 0.6 is 23.2 Å². The maximum absolute atomic E-state index is 5.82. The van der Waals surface area contributed by atoms with E-state index >= 15 is 0 Å². The van der Waals surface area contributed by atoms with E-state index in [2.05, 4.69) is 12.2 Å². The maximum atomic E-state index is 5.82. The Labute approximate surface area is 96.8 Å². The van der Waals surface area contributed by atoms with Gasteiger partial charge in [0.25, 0.3) is 0 Å². The standard InChI is InChI=1S/C11H19Cl2N/c1-2-9-4-3-5-11(6-9)14-8-10(13)7-12/h7,9,11,14H,2-6,8H2,1H3. The molecule has 0 saturated heterocycles. The predicted molar refractivity (Wildman–Crippen MR) is 63.8 cm³/mol. The normalized spacial score (nSPS) is 29.2. The molecule has 0 aromatic carbocycles. The molecule has 1 saturated carbocycles. The molecule has 1 nitrogen and oxygen atoms in total. The quantitative estimate of drug-likeness (QED) is 0.781.